The molecule has 0 saturated heterocycles. The molecule has 0 aromatic carbocycles. The Morgan fingerprint density at radius 3 is 1.45 bits per heavy atom. The fraction of sp³-hybridized carbons (Fsp3) is 0.500. The maximum atomic E-state index is 10.0. The van der Waals surface area contributed by atoms with Crippen LogP contribution in [0.1, 0.15) is 1.43 Å². The van der Waals surface area contributed by atoms with Gasteiger partial charge in [-0.2, -0.15) is 16.8 Å². The molecule has 0 aliphatic heterocycles. The number of carboxylic acid groups (broad SMARTS) is 2. The fourth-order valence-electron chi connectivity index (χ4n) is 0.498. The molecule has 0 aromatic heterocycles. The van der Waals surface area contributed by atoms with Gasteiger partial charge in [0.1, 0.15) is 11.5 Å². The van der Waals surface area contributed by atoms with Gasteiger partial charge in [-0.1, -0.05) is 0 Å². The molecule has 14 heteroatoms. The summed E-state index contributed by atoms with van der Waals surface area (Å²) in [4.78, 5) is 29.4. The Labute approximate surface area is 113 Å². The predicted molar refractivity (Wildman–Crippen MR) is 60.2 cm³/mol. The van der Waals surface area contributed by atoms with Crippen molar-refractivity contribution in [1.82, 2.24) is 0 Å². The summed E-state index contributed by atoms with van der Waals surface area (Å²) < 4.78 is 55.3. The SMILES string of the molecule is O=C(O)C(=O)CS(=O)(=O)O.O=C(O)[C@H](O)CS(=O)(=O)O.[H+]. The number of rotatable bonds is 6. The van der Waals surface area contributed by atoms with E-state index in [0.29, 0.717) is 0 Å². The molecule has 12 nitrogen and oxygen atoms in total. The summed E-state index contributed by atoms with van der Waals surface area (Å²) in [5.41, 5.74) is 0. The van der Waals surface area contributed by atoms with E-state index in [1.165, 1.54) is 0 Å². The second-order valence-electron chi connectivity index (χ2n) is 3.06. The summed E-state index contributed by atoms with van der Waals surface area (Å²) >= 11 is 0. The highest BCUT2D eigenvalue weighted by Crippen LogP contribution is 1.89. The lowest BCUT2D eigenvalue weighted by atomic mass is 10.4. The van der Waals surface area contributed by atoms with Crippen molar-refractivity contribution in [3.05, 3.63) is 0 Å². The minimum Gasteiger partial charge on any atom is -0.479 e. The van der Waals surface area contributed by atoms with E-state index < -0.39 is 55.6 Å². The first kappa shape index (κ1) is 20.7. The quantitative estimate of drug-likeness (QED) is 0.241. The minimum atomic E-state index is -4.50. The number of carbonyl (C=O) groups excluding carboxylic acids is 1. The highest BCUT2D eigenvalue weighted by atomic mass is 32.2. The zero-order valence-corrected chi connectivity index (χ0v) is 11.0. The molecule has 0 amide bonds. The summed E-state index contributed by atoms with van der Waals surface area (Å²) in [6, 6.07) is 0. The smallest absolute Gasteiger partial charge is 0.479 e. The Morgan fingerprint density at radius 2 is 1.35 bits per heavy atom. The normalized spacial score (nSPS) is 12.8. The number of Topliss-reactive ketones (excluding diaryl/α,β-unsaturated/α-hetero) is 1. The van der Waals surface area contributed by atoms with E-state index in [0.717, 1.165) is 0 Å². The molecular formula is C6H11O12S2+. The predicted octanol–water partition coefficient (Wildman–Crippen LogP) is -3.04. The maximum Gasteiger partial charge on any atom is 1.00 e. The van der Waals surface area contributed by atoms with Gasteiger partial charge in [0.2, 0.25) is 0 Å². The van der Waals surface area contributed by atoms with Gasteiger partial charge in [0.25, 0.3) is 26.0 Å². The van der Waals surface area contributed by atoms with Crippen LogP contribution in [0.25, 0.3) is 0 Å². The van der Waals surface area contributed by atoms with Crippen molar-refractivity contribution >= 4 is 38.0 Å². The fourth-order valence-corrected chi connectivity index (χ4v) is 1.49. The van der Waals surface area contributed by atoms with E-state index >= 15 is 0 Å². The number of carboxylic acids is 2. The largest absolute Gasteiger partial charge is 1.00 e. The van der Waals surface area contributed by atoms with Crippen molar-refractivity contribution < 1.29 is 57.1 Å². The van der Waals surface area contributed by atoms with Crippen molar-refractivity contribution in [2.45, 2.75) is 6.10 Å². The van der Waals surface area contributed by atoms with Gasteiger partial charge in [-0.05, 0) is 0 Å². The third kappa shape index (κ3) is 14.5. The van der Waals surface area contributed by atoms with Crippen LogP contribution in [-0.4, -0.2) is 76.6 Å². The van der Waals surface area contributed by atoms with Gasteiger partial charge in [-0.3, -0.25) is 13.9 Å². The average molecular weight is 339 g/mol. The molecule has 0 aromatic rings. The van der Waals surface area contributed by atoms with E-state index in [-0.39, 0.29) is 1.43 Å². The number of ketones is 1. The molecule has 0 bridgehead atoms. The third-order valence-corrected chi connectivity index (χ3v) is 2.57. The van der Waals surface area contributed by atoms with E-state index in [1.807, 2.05) is 0 Å². The summed E-state index contributed by atoms with van der Waals surface area (Å²) in [7, 11) is -8.90. The highest BCUT2D eigenvalue weighted by molar-refractivity contribution is 7.86. The van der Waals surface area contributed by atoms with Crippen LogP contribution < -0.4 is 0 Å². The monoisotopic (exact) mass is 339 g/mol. The van der Waals surface area contributed by atoms with E-state index in [9.17, 15) is 31.2 Å². The van der Waals surface area contributed by atoms with Crippen molar-refractivity contribution in [3.63, 3.8) is 0 Å². The number of aliphatic hydroxyl groups excluding tert-OH is 1. The Kier molecular flexibility index (Phi) is 8.13. The molecule has 0 rings (SSSR count). The van der Waals surface area contributed by atoms with Gasteiger partial charge < -0.3 is 15.3 Å². The second kappa shape index (κ2) is 7.85. The molecule has 0 saturated carbocycles. The molecule has 1 atom stereocenters. The number of hydrogen-bond acceptors (Lipinski definition) is 8. The zero-order valence-electron chi connectivity index (χ0n) is 10.4. The van der Waals surface area contributed by atoms with Gasteiger partial charge in [-0.15, -0.1) is 0 Å². The van der Waals surface area contributed by atoms with Crippen LogP contribution in [0.2, 0.25) is 0 Å². The van der Waals surface area contributed by atoms with Gasteiger partial charge in [-0.25, -0.2) is 9.59 Å². The number of aliphatic hydroxyl groups is 1. The topological polar surface area (TPSA) is 221 Å². The van der Waals surface area contributed by atoms with Crippen LogP contribution in [0.15, 0.2) is 0 Å². The molecular weight excluding hydrogens is 328 g/mol. The first-order valence-electron chi connectivity index (χ1n) is 4.23. The van der Waals surface area contributed by atoms with Gasteiger partial charge in [0, 0.05) is 0 Å². The van der Waals surface area contributed by atoms with Crippen LogP contribution in [-0.2, 0) is 34.6 Å². The molecule has 0 unspecified atom stereocenters. The molecule has 118 valence electrons. The van der Waals surface area contributed by atoms with Crippen molar-refractivity contribution in [3.8, 4) is 0 Å². The molecule has 20 heavy (non-hydrogen) atoms. The standard InChI is InChI=1S/C3H6O6S.C3H4O6S/c2*4-2(3(5)6)1-10(7,8)9/h2,4H,1H2,(H,5,6)(H,7,8,9);1H2,(H,5,6)(H,7,8,9)/p+1/t2-;/m1./s1. The van der Waals surface area contributed by atoms with E-state index in [2.05, 4.69) is 0 Å². The van der Waals surface area contributed by atoms with Gasteiger partial charge in [0.05, 0.1) is 0 Å². The summed E-state index contributed by atoms with van der Waals surface area (Å²) in [6.07, 6.45) is -2.06. The van der Waals surface area contributed by atoms with Crippen molar-refractivity contribution in [1.29, 1.82) is 0 Å². The molecule has 0 fully saturated rings. The molecule has 0 aliphatic carbocycles. The van der Waals surface area contributed by atoms with Crippen LogP contribution in [0, 0.1) is 0 Å². The molecule has 0 aliphatic rings. The molecule has 0 spiro atoms. The maximum absolute atomic E-state index is 10.0. The third-order valence-electron chi connectivity index (χ3n) is 1.21. The first-order valence-corrected chi connectivity index (χ1v) is 7.45. The van der Waals surface area contributed by atoms with Crippen molar-refractivity contribution in [2.75, 3.05) is 11.5 Å². The van der Waals surface area contributed by atoms with Gasteiger partial charge >= 0.3 is 13.4 Å². The summed E-state index contributed by atoms with van der Waals surface area (Å²) in [6.45, 7) is 0. The average Bonchev–Trinajstić information content (AvgIpc) is 2.12. The lowest BCUT2D eigenvalue weighted by Crippen LogP contribution is -2.28. The van der Waals surface area contributed by atoms with Crippen molar-refractivity contribution in [2.24, 2.45) is 0 Å². The lowest BCUT2D eigenvalue weighted by Gasteiger charge is -1.99. The summed E-state index contributed by atoms with van der Waals surface area (Å²) in [5, 5.41) is 24.1. The summed E-state index contributed by atoms with van der Waals surface area (Å²) in [5.74, 6) is -7.66. The van der Waals surface area contributed by atoms with Crippen LogP contribution in [0.5, 0.6) is 0 Å². The van der Waals surface area contributed by atoms with E-state index in [4.69, 9.17) is 24.4 Å². The zero-order chi connectivity index (χ0) is 16.7. The number of hydrogen-bond donors (Lipinski definition) is 5. The Balaban J connectivity index is -0.000000295. The van der Waals surface area contributed by atoms with Gasteiger partial charge in [0.15, 0.2) is 6.10 Å². The number of carbonyl (C=O) groups is 3. The molecule has 5 N–H and O–H groups in total. The minimum absolute atomic E-state index is 0. The second-order valence-corrected chi connectivity index (χ2v) is 6.01. The Bertz CT molecular complexity index is 575. The van der Waals surface area contributed by atoms with Crippen LogP contribution in [0.3, 0.4) is 0 Å². The van der Waals surface area contributed by atoms with Crippen LogP contribution >= 0.6 is 0 Å². The van der Waals surface area contributed by atoms with Crippen LogP contribution in [0.4, 0.5) is 0 Å². The Morgan fingerprint density at radius 1 is 0.950 bits per heavy atom. The first-order chi connectivity index (χ1) is 8.65. The highest BCUT2D eigenvalue weighted by Gasteiger charge is 2.20. The molecule has 0 heterocycles. The Hall–Kier alpha value is -1.61. The number of aliphatic carboxylic acids is 2. The van der Waals surface area contributed by atoms with E-state index in [1.54, 1.807) is 0 Å². The molecule has 0 radical (unpaired) electrons. The lowest BCUT2D eigenvalue weighted by molar-refractivity contribution is -0.147.